The van der Waals surface area contributed by atoms with Crippen LogP contribution in [0, 0.1) is 23.0 Å². The van der Waals surface area contributed by atoms with Gasteiger partial charge >= 0.3 is 0 Å². The van der Waals surface area contributed by atoms with Gasteiger partial charge in [0.05, 0.1) is 4.92 Å². The van der Waals surface area contributed by atoms with Crippen LogP contribution in [0.15, 0.2) is 23.8 Å². The predicted molar refractivity (Wildman–Crippen MR) is 83.8 cm³/mol. The van der Waals surface area contributed by atoms with Crippen molar-refractivity contribution in [2.24, 2.45) is 5.92 Å². The van der Waals surface area contributed by atoms with Gasteiger partial charge in [-0.05, 0) is 18.4 Å². The van der Waals surface area contributed by atoms with Gasteiger partial charge in [-0.2, -0.15) is 0 Å². The Kier molecular flexibility index (Phi) is 5.89. The molecule has 0 atom stereocenters. The molecule has 1 aromatic carbocycles. The molecule has 0 heterocycles. The quantitative estimate of drug-likeness (QED) is 0.632. The van der Waals surface area contributed by atoms with E-state index in [0.29, 0.717) is 17.5 Å². The summed E-state index contributed by atoms with van der Waals surface area (Å²) in [7, 11) is 0. The number of nitrogens with zero attached hydrogens (tertiary/aromatic N) is 1. The van der Waals surface area contributed by atoms with E-state index in [0.717, 1.165) is 12.1 Å². The van der Waals surface area contributed by atoms with E-state index < -0.39 is 0 Å². The first-order chi connectivity index (χ1) is 9.31. The van der Waals surface area contributed by atoms with Crippen LogP contribution >= 0.6 is 0 Å². The number of hydrogen-bond acceptors (Lipinski definition) is 3. The van der Waals surface area contributed by atoms with Crippen LogP contribution in [-0.4, -0.2) is 17.5 Å². The van der Waals surface area contributed by atoms with E-state index in [2.05, 4.69) is 33.0 Å². The van der Waals surface area contributed by atoms with Crippen molar-refractivity contribution in [3.8, 4) is 0 Å². The van der Waals surface area contributed by atoms with Crippen molar-refractivity contribution in [2.45, 2.75) is 40.7 Å². The van der Waals surface area contributed by atoms with E-state index in [-0.39, 0.29) is 10.6 Å². The maximum Gasteiger partial charge on any atom is 0.272 e. The molecule has 1 rings (SSSR count). The topological polar surface area (TPSA) is 55.2 Å². The normalized spacial score (nSPS) is 12.2. The average Bonchev–Trinajstić information content (AvgIpc) is 2.35. The number of nitro benzene ring substituents is 1. The van der Waals surface area contributed by atoms with Gasteiger partial charge in [0.2, 0.25) is 0 Å². The van der Waals surface area contributed by atoms with Crippen LogP contribution < -0.4 is 5.32 Å². The molecular formula is C16H24N2O2. The van der Waals surface area contributed by atoms with Crippen molar-refractivity contribution in [3.63, 3.8) is 0 Å². The molecule has 0 saturated heterocycles. The Hall–Kier alpha value is -1.68. The Morgan fingerprint density at radius 1 is 1.35 bits per heavy atom. The van der Waals surface area contributed by atoms with E-state index in [4.69, 9.17) is 0 Å². The van der Waals surface area contributed by atoms with E-state index in [1.807, 2.05) is 12.1 Å². The van der Waals surface area contributed by atoms with Crippen molar-refractivity contribution < 1.29 is 4.92 Å². The second-order valence-corrected chi connectivity index (χ2v) is 5.71. The van der Waals surface area contributed by atoms with Crippen LogP contribution in [0.2, 0.25) is 0 Å². The molecule has 1 N–H and O–H groups in total. The lowest BCUT2D eigenvalue weighted by Gasteiger charge is -2.15. The molecule has 0 fully saturated rings. The molecule has 110 valence electrons. The second-order valence-electron chi connectivity index (χ2n) is 5.71. The molecule has 4 heteroatoms. The van der Waals surface area contributed by atoms with Gasteiger partial charge in [-0.3, -0.25) is 10.1 Å². The van der Waals surface area contributed by atoms with Crippen molar-refractivity contribution in [3.05, 3.63) is 45.0 Å². The van der Waals surface area contributed by atoms with Crippen molar-refractivity contribution >= 4 is 11.8 Å². The third-order valence-electron chi connectivity index (χ3n) is 3.24. The Labute approximate surface area is 121 Å². The molecule has 0 bridgehead atoms. The van der Waals surface area contributed by atoms with Crippen LogP contribution in [-0.2, 0) is 0 Å². The Morgan fingerprint density at radius 2 is 2.00 bits per heavy atom. The van der Waals surface area contributed by atoms with Crippen molar-refractivity contribution in [1.82, 2.24) is 5.32 Å². The maximum atomic E-state index is 11.0. The monoisotopic (exact) mass is 276 g/mol. The molecule has 0 aliphatic carbocycles. The zero-order valence-electron chi connectivity index (χ0n) is 12.9. The fraction of sp³-hybridized carbons (Fsp3) is 0.500. The summed E-state index contributed by atoms with van der Waals surface area (Å²) in [5, 5.41) is 14.4. The molecular weight excluding hydrogens is 252 g/mol. The highest BCUT2D eigenvalue weighted by Gasteiger charge is 2.11. The second kappa shape index (κ2) is 7.20. The number of rotatable bonds is 6. The Morgan fingerprint density at radius 3 is 2.50 bits per heavy atom. The molecule has 0 aromatic heterocycles. The number of nitrogens with one attached hydrogen (secondary N) is 1. The third-order valence-corrected chi connectivity index (χ3v) is 3.24. The summed E-state index contributed by atoms with van der Waals surface area (Å²) < 4.78 is 0. The summed E-state index contributed by atoms with van der Waals surface area (Å²) in [6, 6.07) is 5.80. The van der Waals surface area contributed by atoms with Gasteiger partial charge in [-0.1, -0.05) is 51.5 Å². The average molecular weight is 276 g/mol. The third kappa shape index (κ3) is 4.78. The molecule has 20 heavy (non-hydrogen) atoms. The minimum Gasteiger partial charge on any atom is -0.311 e. The molecule has 1 aromatic rings. The Balaban J connectivity index is 3.04. The van der Waals surface area contributed by atoms with Crippen molar-refractivity contribution in [1.29, 1.82) is 0 Å². The number of hydrogen-bond donors (Lipinski definition) is 1. The number of aryl methyl sites for hydroxylation is 1. The first-order valence-corrected chi connectivity index (χ1v) is 7.00. The van der Waals surface area contributed by atoms with Crippen LogP contribution in [0.1, 0.15) is 38.8 Å². The fourth-order valence-electron chi connectivity index (χ4n) is 1.87. The lowest BCUT2D eigenvalue weighted by atomic mass is 9.99. The maximum absolute atomic E-state index is 11.0. The molecule has 0 aliphatic heterocycles. The minimum absolute atomic E-state index is 0.179. The van der Waals surface area contributed by atoms with E-state index in [1.54, 1.807) is 19.1 Å². The molecule has 0 aliphatic rings. The van der Waals surface area contributed by atoms with Gasteiger partial charge in [0.15, 0.2) is 0 Å². The van der Waals surface area contributed by atoms with Crippen LogP contribution in [0.3, 0.4) is 0 Å². The molecule has 4 nitrogen and oxygen atoms in total. The molecule has 0 radical (unpaired) electrons. The zero-order chi connectivity index (χ0) is 15.3. The highest BCUT2D eigenvalue weighted by molar-refractivity contribution is 5.58. The van der Waals surface area contributed by atoms with Crippen LogP contribution in [0.25, 0.3) is 6.08 Å². The van der Waals surface area contributed by atoms with E-state index >= 15 is 0 Å². The van der Waals surface area contributed by atoms with Crippen LogP contribution in [0.5, 0.6) is 0 Å². The molecule has 0 spiro atoms. The predicted octanol–water partition coefficient (Wildman–Crippen LogP) is 3.94. The SMILES string of the molecule is Cc1ccc(C=C(CNC(C)C)C(C)C)cc1[N+](=O)[O-]. The first kappa shape index (κ1) is 16.4. The number of benzene rings is 1. The van der Waals surface area contributed by atoms with E-state index in [1.165, 1.54) is 5.57 Å². The smallest absolute Gasteiger partial charge is 0.272 e. The van der Waals surface area contributed by atoms with Gasteiger partial charge in [0, 0.05) is 24.2 Å². The minimum atomic E-state index is -0.325. The summed E-state index contributed by atoms with van der Waals surface area (Å²) in [6.45, 7) is 11.0. The lowest BCUT2D eigenvalue weighted by molar-refractivity contribution is -0.385. The largest absolute Gasteiger partial charge is 0.311 e. The molecule has 0 saturated carbocycles. The van der Waals surface area contributed by atoms with E-state index in [9.17, 15) is 10.1 Å². The number of nitro groups is 1. The lowest BCUT2D eigenvalue weighted by Crippen LogP contribution is -2.26. The Bertz CT molecular complexity index is 505. The molecule has 0 amide bonds. The summed E-state index contributed by atoms with van der Waals surface area (Å²) in [4.78, 5) is 10.7. The van der Waals surface area contributed by atoms with Gasteiger partial charge in [0.1, 0.15) is 0 Å². The van der Waals surface area contributed by atoms with Gasteiger partial charge in [-0.25, -0.2) is 0 Å². The highest BCUT2D eigenvalue weighted by Crippen LogP contribution is 2.22. The van der Waals surface area contributed by atoms with Crippen LogP contribution in [0.4, 0.5) is 5.69 Å². The standard InChI is InChI=1S/C16H24N2O2/c1-11(2)15(10-17-12(3)4)8-14-7-6-13(5)16(9-14)18(19)20/h6-9,11-12,17H,10H2,1-5H3. The summed E-state index contributed by atoms with van der Waals surface area (Å²) in [5.74, 6) is 0.404. The summed E-state index contributed by atoms with van der Waals surface area (Å²) in [6.07, 6.45) is 2.05. The first-order valence-electron chi connectivity index (χ1n) is 7.00. The van der Waals surface area contributed by atoms with Crippen molar-refractivity contribution in [2.75, 3.05) is 6.54 Å². The highest BCUT2D eigenvalue weighted by atomic mass is 16.6. The van der Waals surface area contributed by atoms with Gasteiger partial charge < -0.3 is 5.32 Å². The zero-order valence-corrected chi connectivity index (χ0v) is 12.9. The molecule has 0 unspecified atom stereocenters. The summed E-state index contributed by atoms with van der Waals surface area (Å²) in [5.41, 5.74) is 3.01. The summed E-state index contributed by atoms with van der Waals surface area (Å²) >= 11 is 0. The fourth-order valence-corrected chi connectivity index (χ4v) is 1.87. The van der Waals surface area contributed by atoms with Gasteiger partial charge in [0.25, 0.3) is 5.69 Å². The van der Waals surface area contributed by atoms with Gasteiger partial charge in [-0.15, -0.1) is 0 Å².